The van der Waals surface area contributed by atoms with E-state index in [9.17, 15) is 13.2 Å². The number of rotatable bonds is 8. The van der Waals surface area contributed by atoms with Gasteiger partial charge in [0.05, 0.1) is 7.11 Å². The number of hydrogen-bond acceptors (Lipinski definition) is 7. The Morgan fingerprint density at radius 1 is 1.00 bits per heavy atom. The summed E-state index contributed by atoms with van der Waals surface area (Å²) in [5, 5.41) is 16.1. The third-order valence-corrected chi connectivity index (χ3v) is 6.63. The molecule has 1 heterocycles. The number of ether oxygens (including phenoxy) is 1. The lowest BCUT2D eigenvalue weighted by atomic mass is 9.97. The second-order valence-corrected chi connectivity index (χ2v) is 9.80. The first kappa shape index (κ1) is 25.1. The Kier molecular flexibility index (Phi) is 7.18. The molecule has 0 atom stereocenters. The van der Waals surface area contributed by atoms with E-state index in [1.807, 2.05) is 37.3 Å². The van der Waals surface area contributed by atoms with Gasteiger partial charge in [0, 0.05) is 24.6 Å². The maximum Gasteiger partial charge on any atom is 0.251 e. The maximum atomic E-state index is 12.6. The molecular weight excluding hydrogens is 480 g/mol. The molecule has 0 saturated heterocycles. The van der Waals surface area contributed by atoms with Gasteiger partial charge in [-0.05, 0) is 72.0 Å². The fraction of sp³-hybridized carbons (Fsp3) is 0.192. The van der Waals surface area contributed by atoms with Crippen molar-refractivity contribution in [2.45, 2.75) is 25.2 Å². The predicted octanol–water partition coefficient (Wildman–Crippen LogP) is 3.65. The van der Waals surface area contributed by atoms with Crippen molar-refractivity contribution in [1.82, 2.24) is 15.5 Å². The number of benzene rings is 3. The van der Waals surface area contributed by atoms with Gasteiger partial charge in [0.2, 0.25) is 21.8 Å². The first-order valence-electron chi connectivity index (χ1n) is 11.1. The lowest BCUT2D eigenvalue weighted by Gasteiger charge is -2.11. The fourth-order valence-corrected chi connectivity index (χ4v) is 4.55. The number of nitrogens with two attached hydrogens (primary N) is 1. The van der Waals surface area contributed by atoms with Crippen LogP contribution in [0.4, 0.5) is 0 Å². The zero-order chi connectivity index (χ0) is 25.9. The van der Waals surface area contributed by atoms with Crippen molar-refractivity contribution in [2.24, 2.45) is 5.14 Å². The lowest BCUT2D eigenvalue weighted by Crippen LogP contribution is -2.25. The van der Waals surface area contributed by atoms with Crippen molar-refractivity contribution in [3.05, 3.63) is 83.2 Å². The van der Waals surface area contributed by atoms with E-state index < -0.39 is 10.0 Å². The van der Waals surface area contributed by atoms with Crippen LogP contribution >= 0.6 is 0 Å². The molecule has 1 aromatic heterocycles. The number of hydrogen-bond donors (Lipinski definition) is 2. The highest BCUT2D eigenvalue weighted by atomic mass is 32.2. The van der Waals surface area contributed by atoms with Gasteiger partial charge >= 0.3 is 0 Å². The van der Waals surface area contributed by atoms with Crippen molar-refractivity contribution in [2.75, 3.05) is 13.7 Å². The molecule has 36 heavy (non-hydrogen) atoms. The molecule has 0 saturated carbocycles. The van der Waals surface area contributed by atoms with Crippen molar-refractivity contribution in [1.29, 1.82) is 0 Å². The van der Waals surface area contributed by atoms with Gasteiger partial charge in [-0.1, -0.05) is 24.3 Å². The smallest absolute Gasteiger partial charge is 0.251 e. The maximum absolute atomic E-state index is 12.6. The molecule has 0 fully saturated rings. The third kappa shape index (κ3) is 5.61. The van der Waals surface area contributed by atoms with E-state index in [0.29, 0.717) is 35.9 Å². The van der Waals surface area contributed by atoms with Gasteiger partial charge in [0.25, 0.3) is 5.91 Å². The van der Waals surface area contributed by atoms with Gasteiger partial charge < -0.3 is 14.5 Å². The molecule has 1 amide bonds. The zero-order valence-electron chi connectivity index (χ0n) is 20.1. The van der Waals surface area contributed by atoms with E-state index in [2.05, 4.69) is 15.5 Å². The Morgan fingerprint density at radius 2 is 1.72 bits per heavy atom. The number of methoxy groups -OCH3 is 1. The summed E-state index contributed by atoms with van der Waals surface area (Å²) in [5.41, 5.74) is 5.08. The molecule has 4 rings (SSSR count). The zero-order valence-corrected chi connectivity index (χ0v) is 20.9. The van der Waals surface area contributed by atoms with E-state index in [-0.39, 0.29) is 16.6 Å². The summed E-state index contributed by atoms with van der Waals surface area (Å²) in [6.07, 6.45) is 0.428. The van der Waals surface area contributed by atoms with Crippen LogP contribution in [0.25, 0.3) is 22.6 Å². The Bertz CT molecular complexity index is 1510. The van der Waals surface area contributed by atoms with Crippen LogP contribution in [-0.4, -0.2) is 38.2 Å². The molecule has 9 nitrogen and oxygen atoms in total. The minimum absolute atomic E-state index is 0.0852. The van der Waals surface area contributed by atoms with Crippen molar-refractivity contribution < 1.29 is 22.4 Å². The SMILES string of the molecule is COc1ccc(CCNC(=O)c2ccc(-c3cc(-c4nnc(C)o4)ccc3C)cc2)cc1S(N)(=O)=O. The molecular formula is C26H26N4O5S. The van der Waals surface area contributed by atoms with Crippen LogP contribution in [0.2, 0.25) is 0 Å². The molecule has 0 spiro atoms. The van der Waals surface area contributed by atoms with Gasteiger partial charge in [-0.15, -0.1) is 10.2 Å². The van der Waals surface area contributed by atoms with Gasteiger partial charge in [-0.3, -0.25) is 4.79 Å². The van der Waals surface area contributed by atoms with Crippen molar-refractivity contribution >= 4 is 15.9 Å². The van der Waals surface area contributed by atoms with E-state index in [0.717, 1.165) is 22.3 Å². The van der Waals surface area contributed by atoms with Gasteiger partial charge in [0.15, 0.2) is 0 Å². The number of carbonyl (C=O) groups excluding carboxylic acids is 1. The highest BCUT2D eigenvalue weighted by Gasteiger charge is 2.16. The van der Waals surface area contributed by atoms with Crippen LogP contribution in [0.15, 0.2) is 70.0 Å². The van der Waals surface area contributed by atoms with Crippen LogP contribution in [0.1, 0.15) is 27.4 Å². The first-order valence-corrected chi connectivity index (χ1v) is 12.7. The van der Waals surface area contributed by atoms with Crippen LogP contribution in [-0.2, 0) is 16.4 Å². The fourth-order valence-electron chi connectivity index (χ4n) is 3.80. The van der Waals surface area contributed by atoms with Gasteiger partial charge in [-0.25, -0.2) is 13.6 Å². The molecule has 0 unspecified atom stereocenters. The summed E-state index contributed by atoms with van der Waals surface area (Å²) < 4.78 is 34.2. The van der Waals surface area contributed by atoms with Crippen molar-refractivity contribution in [3.8, 4) is 28.3 Å². The van der Waals surface area contributed by atoms with E-state index in [1.54, 1.807) is 31.2 Å². The Balaban J connectivity index is 1.43. The lowest BCUT2D eigenvalue weighted by molar-refractivity contribution is 0.0954. The van der Waals surface area contributed by atoms with Crippen LogP contribution < -0.4 is 15.2 Å². The highest BCUT2D eigenvalue weighted by molar-refractivity contribution is 7.89. The monoisotopic (exact) mass is 506 g/mol. The summed E-state index contributed by atoms with van der Waals surface area (Å²) in [5.74, 6) is 0.906. The third-order valence-electron chi connectivity index (χ3n) is 5.70. The number of amides is 1. The highest BCUT2D eigenvalue weighted by Crippen LogP contribution is 2.29. The van der Waals surface area contributed by atoms with Gasteiger partial charge in [-0.2, -0.15) is 0 Å². The molecule has 0 aliphatic heterocycles. The molecule has 0 aliphatic rings. The topological polar surface area (TPSA) is 137 Å². The molecule has 0 bridgehead atoms. The minimum Gasteiger partial charge on any atom is -0.495 e. The molecule has 4 aromatic rings. The Morgan fingerprint density at radius 3 is 2.36 bits per heavy atom. The standard InChI is InChI=1S/C26H26N4O5S/c1-16-4-6-21(26-30-29-17(2)35-26)15-22(16)19-7-9-20(10-8-19)25(31)28-13-12-18-5-11-23(34-3)24(14-18)36(27,32)33/h4-11,14-15H,12-13H2,1-3H3,(H,28,31)(H2,27,32,33). The Hall–Kier alpha value is -4.02. The predicted molar refractivity (Wildman–Crippen MR) is 135 cm³/mol. The molecule has 3 aromatic carbocycles. The van der Waals surface area contributed by atoms with E-state index >= 15 is 0 Å². The summed E-state index contributed by atoms with van der Waals surface area (Å²) in [7, 11) is -2.55. The van der Waals surface area contributed by atoms with Crippen LogP contribution in [0.3, 0.4) is 0 Å². The van der Waals surface area contributed by atoms with Crippen LogP contribution in [0.5, 0.6) is 5.75 Å². The van der Waals surface area contributed by atoms with E-state index in [1.165, 1.54) is 13.2 Å². The Labute approximate surface area is 209 Å². The number of nitrogens with zero attached hydrogens (tertiary/aromatic N) is 2. The molecule has 10 heteroatoms. The number of aromatic nitrogens is 2. The first-order chi connectivity index (χ1) is 17.2. The summed E-state index contributed by atoms with van der Waals surface area (Å²) in [4.78, 5) is 12.6. The summed E-state index contributed by atoms with van der Waals surface area (Å²) in [6.45, 7) is 4.08. The van der Waals surface area contributed by atoms with E-state index in [4.69, 9.17) is 14.3 Å². The summed E-state index contributed by atoms with van der Waals surface area (Å²) in [6, 6.07) is 18.0. The molecule has 186 valence electrons. The normalized spacial score (nSPS) is 11.3. The second kappa shape index (κ2) is 10.3. The minimum atomic E-state index is -3.92. The molecule has 0 radical (unpaired) electrons. The van der Waals surface area contributed by atoms with Crippen LogP contribution in [0, 0.1) is 13.8 Å². The number of sulfonamides is 1. The summed E-state index contributed by atoms with van der Waals surface area (Å²) >= 11 is 0. The number of primary sulfonamides is 1. The number of carbonyl (C=O) groups is 1. The number of nitrogens with one attached hydrogen (secondary N) is 1. The second-order valence-electron chi connectivity index (χ2n) is 8.27. The molecule has 0 aliphatic carbocycles. The largest absolute Gasteiger partial charge is 0.495 e. The quantitative estimate of drug-likeness (QED) is 0.372. The van der Waals surface area contributed by atoms with Gasteiger partial charge in [0.1, 0.15) is 10.6 Å². The molecule has 3 N–H and O–H groups in total. The average Bonchev–Trinajstić information content (AvgIpc) is 3.30. The average molecular weight is 507 g/mol. The van der Waals surface area contributed by atoms with Crippen molar-refractivity contribution in [3.63, 3.8) is 0 Å². The number of aryl methyl sites for hydroxylation is 2.